The molecule has 0 aromatic heterocycles. The van der Waals surface area contributed by atoms with Crippen molar-refractivity contribution in [1.82, 2.24) is 0 Å². The van der Waals surface area contributed by atoms with Gasteiger partial charge in [-0.2, -0.15) is 12.1 Å². The van der Waals surface area contributed by atoms with Gasteiger partial charge in [0.15, 0.2) is 0 Å². The molecule has 0 bridgehead atoms. The third kappa shape index (κ3) is 6.01. The van der Waals surface area contributed by atoms with Gasteiger partial charge in [-0.1, -0.05) is 35.4 Å². The molecule has 0 atom stereocenters. The van der Waals surface area contributed by atoms with Crippen molar-refractivity contribution in [3.63, 3.8) is 0 Å². The minimum atomic E-state index is -0.519. The topological polar surface area (TPSA) is 72.2 Å². The normalized spacial score (nSPS) is 9.52. The van der Waals surface area contributed by atoms with E-state index < -0.39 is 4.92 Å². The summed E-state index contributed by atoms with van der Waals surface area (Å²) in [5.41, 5.74) is 2.70. The summed E-state index contributed by atoms with van der Waals surface area (Å²) in [5.74, 6) is -0.382. The number of nitro groups is 1. The second-order valence-electron chi connectivity index (χ2n) is 5.94. The van der Waals surface area contributed by atoms with Crippen molar-refractivity contribution in [2.75, 3.05) is 5.32 Å². The number of para-hydroxylation sites is 1. The number of non-ortho nitro benzene ring substituents is 1. The van der Waals surface area contributed by atoms with E-state index in [0.29, 0.717) is 5.69 Å². The fourth-order valence-electron chi connectivity index (χ4n) is 2.67. The summed E-state index contributed by atoms with van der Waals surface area (Å²) in [4.78, 5) is 22.7. The van der Waals surface area contributed by atoms with Crippen molar-refractivity contribution >= 4 is 17.3 Å². The maximum absolute atomic E-state index is 12.4. The zero-order valence-electron chi connectivity index (χ0n) is 15.3. The molecule has 4 aromatic carbocycles. The van der Waals surface area contributed by atoms with Crippen molar-refractivity contribution in [3.05, 3.63) is 119 Å². The van der Waals surface area contributed by atoms with Crippen LogP contribution in [0.25, 0.3) is 11.1 Å². The van der Waals surface area contributed by atoms with Crippen molar-refractivity contribution in [2.24, 2.45) is 0 Å². The Morgan fingerprint density at radius 2 is 1.52 bits per heavy atom. The van der Waals surface area contributed by atoms with Crippen LogP contribution < -0.4 is 5.32 Å². The van der Waals surface area contributed by atoms with Gasteiger partial charge in [0, 0.05) is 34.8 Å². The van der Waals surface area contributed by atoms with Gasteiger partial charge in [0.05, 0.1) is 4.92 Å². The standard InChI is InChI=1S/C18H13N2O3.C5H5.Fe/c21-18(14-8-5-9-15(12-14)20(22)23)19-17-11-4-3-10-16(17)13-6-1-2-7-13;1-2-4-5-3-1;/h1-12H,(H,19,21);1-5H;/q-1;-5;. The first-order valence-electron chi connectivity index (χ1n) is 8.69. The van der Waals surface area contributed by atoms with E-state index in [9.17, 15) is 14.9 Å². The maximum atomic E-state index is 12.4. The first-order valence-corrected chi connectivity index (χ1v) is 8.69. The fraction of sp³-hybridized carbons (Fsp3) is 0. The van der Waals surface area contributed by atoms with Crippen LogP contribution in [0.1, 0.15) is 10.4 Å². The average Bonchev–Trinajstić information content (AvgIpc) is 3.45. The van der Waals surface area contributed by atoms with E-state index >= 15 is 0 Å². The Labute approximate surface area is 179 Å². The predicted octanol–water partition coefficient (Wildman–Crippen LogP) is 5.64. The third-order valence-corrected chi connectivity index (χ3v) is 4.02. The van der Waals surface area contributed by atoms with E-state index in [-0.39, 0.29) is 34.2 Å². The minimum absolute atomic E-state index is 0. The predicted molar refractivity (Wildman–Crippen MR) is 111 cm³/mol. The number of nitrogens with one attached hydrogen (secondary N) is 1. The number of benzene rings is 2. The number of hydrogen-bond acceptors (Lipinski definition) is 3. The Morgan fingerprint density at radius 1 is 0.897 bits per heavy atom. The van der Waals surface area contributed by atoms with E-state index in [1.807, 2.05) is 72.8 Å². The second-order valence-corrected chi connectivity index (χ2v) is 5.94. The Bertz CT molecular complexity index is 1020. The summed E-state index contributed by atoms with van der Waals surface area (Å²) in [6, 6.07) is 30.9. The monoisotopic (exact) mass is 426 g/mol. The van der Waals surface area contributed by atoms with E-state index in [1.165, 1.54) is 18.2 Å². The Hall–Kier alpha value is -3.47. The van der Waals surface area contributed by atoms with Crippen LogP contribution in [0.4, 0.5) is 11.4 Å². The summed E-state index contributed by atoms with van der Waals surface area (Å²) in [6.45, 7) is 0. The third-order valence-electron chi connectivity index (χ3n) is 4.02. The van der Waals surface area contributed by atoms with Gasteiger partial charge in [0.2, 0.25) is 5.91 Å². The van der Waals surface area contributed by atoms with Crippen LogP contribution in [0.2, 0.25) is 0 Å². The number of rotatable bonds is 4. The van der Waals surface area contributed by atoms with E-state index in [1.54, 1.807) is 12.1 Å². The van der Waals surface area contributed by atoms with Gasteiger partial charge in [-0.3, -0.25) is 14.9 Å². The van der Waals surface area contributed by atoms with Crippen LogP contribution in [0, 0.1) is 10.1 Å². The Balaban J connectivity index is 0.000000437. The number of nitro benzene ring substituents is 1. The number of carbonyl (C=O) groups is 1. The van der Waals surface area contributed by atoms with Crippen LogP contribution in [-0.4, -0.2) is 10.8 Å². The molecule has 4 rings (SSSR count). The van der Waals surface area contributed by atoms with Crippen LogP contribution >= 0.6 is 0 Å². The Morgan fingerprint density at radius 3 is 2.14 bits per heavy atom. The Kier molecular flexibility index (Phi) is 8.10. The molecule has 152 valence electrons. The van der Waals surface area contributed by atoms with Crippen LogP contribution in [-0.2, 0) is 17.1 Å². The molecular weight excluding hydrogens is 408 g/mol. The quantitative estimate of drug-likeness (QED) is 0.199. The minimum Gasteiger partial charge on any atom is -0.748 e. The van der Waals surface area contributed by atoms with Gasteiger partial charge < -0.3 is 35.6 Å². The van der Waals surface area contributed by atoms with Crippen molar-refractivity contribution in [3.8, 4) is 11.1 Å². The number of hydrogen-bond donors (Lipinski definition) is 1. The van der Waals surface area contributed by atoms with Gasteiger partial charge in [-0.05, 0) is 11.8 Å². The molecule has 0 aliphatic heterocycles. The molecule has 6 heteroatoms. The molecule has 0 fully saturated rings. The molecule has 0 aliphatic rings. The molecule has 0 aliphatic carbocycles. The van der Waals surface area contributed by atoms with Gasteiger partial charge >= 0.3 is 0 Å². The molecule has 1 N–H and O–H groups in total. The van der Waals surface area contributed by atoms with Crippen LogP contribution in [0.3, 0.4) is 0 Å². The van der Waals surface area contributed by atoms with E-state index in [0.717, 1.165) is 11.1 Å². The molecule has 0 radical (unpaired) electrons. The summed E-state index contributed by atoms with van der Waals surface area (Å²) < 4.78 is 0. The SMILES string of the molecule is O=C(Nc1ccccc1-[c-]1cccc1)c1cccc([N+](=O)[O-])c1.[Fe].[cH-]1[cH-][cH-][cH-][cH-]1. The zero-order chi connectivity index (χ0) is 19.8. The van der Waals surface area contributed by atoms with Crippen molar-refractivity contribution in [2.45, 2.75) is 0 Å². The van der Waals surface area contributed by atoms with Crippen LogP contribution in [0.5, 0.6) is 0 Å². The second kappa shape index (κ2) is 10.8. The fourth-order valence-corrected chi connectivity index (χ4v) is 2.67. The van der Waals surface area contributed by atoms with Crippen molar-refractivity contribution in [1.29, 1.82) is 0 Å². The van der Waals surface area contributed by atoms with Crippen LogP contribution in [0.15, 0.2) is 103 Å². The molecule has 5 nitrogen and oxygen atoms in total. The van der Waals surface area contributed by atoms with Crippen molar-refractivity contribution < 1.29 is 26.8 Å². The van der Waals surface area contributed by atoms with E-state index in [2.05, 4.69) is 5.32 Å². The molecule has 0 spiro atoms. The number of anilines is 1. The zero-order valence-corrected chi connectivity index (χ0v) is 16.4. The van der Waals surface area contributed by atoms with Gasteiger partial charge in [0.25, 0.3) is 5.69 Å². The number of amides is 1. The molecule has 0 unspecified atom stereocenters. The molecule has 0 saturated carbocycles. The summed E-state index contributed by atoms with van der Waals surface area (Å²) in [7, 11) is 0. The average molecular weight is 426 g/mol. The summed E-state index contributed by atoms with van der Waals surface area (Å²) in [5, 5.41) is 13.6. The largest absolute Gasteiger partial charge is 0.748 e. The number of carbonyl (C=O) groups excluding carboxylic acids is 1. The maximum Gasteiger partial charge on any atom is 0.270 e. The van der Waals surface area contributed by atoms with Gasteiger partial charge in [0.1, 0.15) is 0 Å². The molecule has 29 heavy (non-hydrogen) atoms. The first kappa shape index (κ1) is 21.8. The van der Waals surface area contributed by atoms with E-state index in [4.69, 9.17) is 0 Å². The number of nitrogens with zero attached hydrogens (tertiary/aromatic N) is 1. The molecule has 4 aromatic rings. The summed E-state index contributed by atoms with van der Waals surface area (Å²) >= 11 is 0. The first-order chi connectivity index (χ1) is 13.6. The smallest absolute Gasteiger partial charge is 0.270 e. The molecule has 0 saturated heterocycles. The molecule has 1 amide bonds. The van der Waals surface area contributed by atoms with Gasteiger partial charge in [-0.15, -0.1) is 18.2 Å². The summed E-state index contributed by atoms with van der Waals surface area (Å²) in [6.07, 6.45) is 0. The molecule has 0 heterocycles. The van der Waals surface area contributed by atoms with Gasteiger partial charge in [-0.25, -0.2) is 0 Å². The molecular formula is C23H18FeN2O3-6.